The number of methoxy groups -OCH3 is 1. The maximum absolute atomic E-state index is 14.5. The second-order valence-electron chi connectivity index (χ2n) is 4.99. The zero-order chi connectivity index (χ0) is 16.4. The molecule has 3 rings (SSSR count). The van der Waals surface area contributed by atoms with Gasteiger partial charge in [-0.3, -0.25) is 0 Å². The Labute approximate surface area is 147 Å². The standard InChI is InChI=1S/C19H13BrClFO/c1-23-19-16(20)10-9-14(12-5-3-2-4-6-12)18(19)15-8-7-13(21)11-17(15)22/h2-11H,1H3. The summed E-state index contributed by atoms with van der Waals surface area (Å²) in [6.45, 7) is 0. The Bertz CT molecular complexity index is 849. The molecule has 0 saturated heterocycles. The topological polar surface area (TPSA) is 9.23 Å². The highest BCUT2D eigenvalue weighted by Crippen LogP contribution is 2.44. The molecule has 0 radical (unpaired) electrons. The first-order valence-corrected chi connectivity index (χ1v) is 8.16. The second-order valence-corrected chi connectivity index (χ2v) is 6.28. The molecule has 0 heterocycles. The smallest absolute Gasteiger partial charge is 0.141 e. The van der Waals surface area contributed by atoms with Crippen molar-refractivity contribution in [2.24, 2.45) is 0 Å². The number of halogens is 3. The molecule has 0 saturated carbocycles. The van der Waals surface area contributed by atoms with Crippen LogP contribution >= 0.6 is 27.5 Å². The lowest BCUT2D eigenvalue weighted by Gasteiger charge is -2.17. The summed E-state index contributed by atoms with van der Waals surface area (Å²) < 4.78 is 20.8. The molecule has 116 valence electrons. The largest absolute Gasteiger partial charge is 0.495 e. The number of rotatable bonds is 3. The normalized spacial score (nSPS) is 10.6. The third-order valence-electron chi connectivity index (χ3n) is 3.60. The van der Waals surface area contributed by atoms with E-state index >= 15 is 0 Å². The summed E-state index contributed by atoms with van der Waals surface area (Å²) in [7, 11) is 1.58. The van der Waals surface area contributed by atoms with Gasteiger partial charge in [0.25, 0.3) is 0 Å². The molecule has 3 aromatic carbocycles. The minimum atomic E-state index is -0.383. The molecule has 0 atom stereocenters. The van der Waals surface area contributed by atoms with Crippen molar-refractivity contribution in [3.8, 4) is 28.0 Å². The Balaban J connectivity index is 2.35. The van der Waals surface area contributed by atoms with Gasteiger partial charge >= 0.3 is 0 Å². The van der Waals surface area contributed by atoms with Crippen molar-refractivity contribution in [3.63, 3.8) is 0 Å². The summed E-state index contributed by atoms with van der Waals surface area (Å²) in [5.41, 5.74) is 3.03. The quantitative estimate of drug-likeness (QED) is 0.490. The zero-order valence-corrected chi connectivity index (χ0v) is 14.7. The monoisotopic (exact) mass is 390 g/mol. The average molecular weight is 392 g/mol. The van der Waals surface area contributed by atoms with Gasteiger partial charge in [-0.1, -0.05) is 48.0 Å². The van der Waals surface area contributed by atoms with Crippen LogP contribution in [0.5, 0.6) is 5.75 Å². The van der Waals surface area contributed by atoms with Crippen LogP contribution in [-0.4, -0.2) is 7.11 Å². The minimum absolute atomic E-state index is 0.362. The second kappa shape index (κ2) is 6.73. The Kier molecular flexibility index (Phi) is 4.69. The summed E-state index contributed by atoms with van der Waals surface area (Å²) in [6.07, 6.45) is 0. The van der Waals surface area contributed by atoms with Crippen molar-refractivity contribution in [2.45, 2.75) is 0 Å². The zero-order valence-electron chi connectivity index (χ0n) is 12.3. The highest BCUT2D eigenvalue weighted by atomic mass is 79.9. The Morgan fingerprint density at radius 1 is 0.957 bits per heavy atom. The van der Waals surface area contributed by atoms with E-state index in [0.717, 1.165) is 15.6 Å². The summed E-state index contributed by atoms with van der Waals surface area (Å²) in [6, 6.07) is 18.3. The highest BCUT2D eigenvalue weighted by molar-refractivity contribution is 9.10. The average Bonchev–Trinajstić information content (AvgIpc) is 2.55. The van der Waals surface area contributed by atoms with Gasteiger partial charge in [0, 0.05) is 16.1 Å². The lowest BCUT2D eigenvalue weighted by molar-refractivity contribution is 0.413. The first-order chi connectivity index (χ1) is 11.1. The van der Waals surface area contributed by atoms with E-state index in [9.17, 15) is 4.39 Å². The van der Waals surface area contributed by atoms with E-state index in [0.29, 0.717) is 21.9 Å². The van der Waals surface area contributed by atoms with Gasteiger partial charge in [-0.15, -0.1) is 0 Å². The molecule has 23 heavy (non-hydrogen) atoms. The van der Waals surface area contributed by atoms with Gasteiger partial charge in [0.1, 0.15) is 11.6 Å². The van der Waals surface area contributed by atoms with Gasteiger partial charge in [0.2, 0.25) is 0 Å². The molecule has 0 bridgehead atoms. The summed E-state index contributed by atoms with van der Waals surface area (Å²) >= 11 is 9.36. The van der Waals surface area contributed by atoms with Crippen molar-refractivity contribution in [2.75, 3.05) is 7.11 Å². The molecular formula is C19H13BrClFO. The van der Waals surface area contributed by atoms with E-state index < -0.39 is 0 Å². The van der Waals surface area contributed by atoms with E-state index in [-0.39, 0.29) is 5.82 Å². The minimum Gasteiger partial charge on any atom is -0.495 e. The third kappa shape index (κ3) is 3.12. The van der Waals surface area contributed by atoms with E-state index in [1.807, 2.05) is 42.5 Å². The molecule has 3 aromatic rings. The fourth-order valence-electron chi connectivity index (χ4n) is 2.57. The molecular weight excluding hydrogens is 379 g/mol. The van der Waals surface area contributed by atoms with Crippen LogP contribution in [0.15, 0.2) is 65.1 Å². The Morgan fingerprint density at radius 3 is 2.30 bits per heavy atom. The molecule has 0 N–H and O–H groups in total. The van der Waals surface area contributed by atoms with Gasteiger partial charge in [-0.05, 0) is 51.3 Å². The van der Waals surface area contributed by atoms with Gasteiger partial charge < -0.3 is 4.74 Å². The maximum Gasteiger partial charge on any atom is 0.141 e. The Morgan fingerprint density at radius 2 is 1.65 bits per heavy atom. The number of hydrogen-bond donors (Lipinski definition) is 0. The fourth-order valence-corrected chi connectivity index (χ4v) is 3.23. The first kappa shape index (κ1) is 16.0. The van der Waals surface area contributed by atoms with Crippen LogP contribution in [0, 0.1) is 5.82 Å². The Hall–Kier alpha value is -1.84. The van der Waals surface area contributed by atoms with E-state index in [2.05, 4.69) is 15.9 Å². The summed E-state index contributed by atoms with van der Waals surface area (Å²) in [5, 5.41) is 0.362. The van der Waals surface area contributed by atoms with E-state index in [1.165, 1.54) is 6.07 Å². The van der Waals surface area contributed by atoms with Gasteiger partial charge in [0.05, 0.1) is 11.6 Å². The lowest BCUT2D eigenvalue weighted by Crippen LogP contribution is -1.95. The van der Waals surface area contributed by atoms with Gasteiger partial charge in [-0.25, -0.2) is 4.39 Å². The van der Waals surface area contributed by atoms with Crippen molar-refractivity contribution >= 4 is 27.5 Å². The molecule has 4 heteroatoms. The van der Waals surface area contributed by atoms with Crippen LogP contribution in [0.2, 0.25) is 5.02 Å². The molecule has 0 amide bonds. The van der Waals surface area contributed by atoms with Crippen LogP contribution in [0.1, 0.15) is 0 Å². The van der Waals surface area contributed by atoms with Gasteiger partial charge in [0.15, 0.2) is 0 Å². The van der Waals surface area contributed by atoms with Crippen LogP contribution in [0.3, 0.4) is 0 Å². The molecule has 0 unspecified atom stereocenters. The molecule has 0 aliphatic carbocycles. The molecule has 0 spiro atoms. The van der Waals surface area contributed by atoms with E-state index in [4.69, 9.17) is 16.3 Å². The molecule has 0 aliphatic heterocycles. The van der Waals surface area contributed by atoms with Crippen LogP contribution in [0.25, 0.3) is 22.3 Å². The highest BCUT2D eigenvalue weighted by Gasteiger charge is 2.19. The van der Waals surface area contributed by atoms with Crippen molar-refractivity contribution < 1.29 is 9.13 Å². The van der Waals surface area contributed by atoms with E-state index in [1.54, 1.807) is 19.2 Å². The fraction of sp³-hybridized carbons (Fsp3) is 0.0526. The predicted octanol–water partition coefficient (Wildman–Crippen LogP) is 6.58. The predicted molar refractivity (Wildman–Crippen MR) is 96.5 cm³/mol. The van der Waals surface area contributed by atoms with Crippen LogP contribution in [0.4, 0.5) is 4.39 Å². The van der Waals surface area contributed by atoms with Gasteiger partial charge in [-0.2, -0.15) is 0 Å². The maximum atomic E-state index is 14.5. The van der Waals surface area contributed by atoms with Crippen molar-refractivity contribution in [1.82, 2.24) is 0 Å². The molecule has 0 fully saturated rings. The molecule has 0 aliphatic rings. The lowest BCUT2D eigenvalue weighted by atomic mass is 9.93. The third-order valence-corrected chi connectivity index (χ3v) is 4.46. The van der Waals surface area contributed by atoms with Crippen molar-refractivity contribution in [1.29, 1.82) is 0 Å². The number of ether oxygens (including phenoxy) is 1. The number of benzene rings is 3. The van der Waals surface area contributed by atoms with Crippen LogP contribution < -0.4 is 4.74 Å². The summed E-state index contributed by atoms with van der Waals surface area (Å²) in [4.78, 5) is 0. The molecule has 0 aromatic heterocycles. The van der Waals surface area contributed by atoms with Crippen LogP contribution in [-0.2, 0) is 0 Å². The number of hydrogen-bond acceptors (Lipinski definition) is 1. The molecule has 1 nitrogen and oxygen atoms in total. The first-order valence-electron chi connectivity index (χ1n) is 6.99. The summed E-state index contributed by atoms with van der Waals surface area (Å²) in [5.74, 6) is 0.207. The SMILES string of the molecule is COc1c(Br)ccc(-c2ccccc2)c1-c1ccc(Cl)cc1F. The van der Waals surface area contributed by atoms with Crippen molar-refractivity contribution in [3.05, 3.63) is 76.0 Å².